The Bertz CT molecular complexity index is 1230. The van der Waals surface area contributed by atoms with E-state index in [1.165, 1.54) is 16.7 Å². The Balaban J connectivity index is 1.63. The molecular formula is C27H31NO5S. The number of aryl methyl sites for hydroxylation is 1. The second-order valence-corrected chi connectivity index (χ2v) is 11.3. The van der Waals surface area contributed by atoms with Crippen molar-refractivity contribution in [2.24, 2.45) is 5.92 Å². The third-order valence-electron chi connectivity index (χ3n) is 7.11. The van der Waals surface area contributed by atoms with Gasteiger partial charge in [-0.25, -0.2) is 8.42 Å². The Hall–Kier alpha value is -2.82. The van der Waals surface area contributed by atoms with Crippen LogP contribution in [0.5, 0.6) is 5.75 Å². The molecule has 4 rings (SSSR count). The highest BCUT2D eigenvalue weighted by Gasteiger charge is 2.51. The molecule has 3 atom stereocenters. The van der Waals surface area contributed by atoms with Gasteiger partial charge in [0.25, 0.3) is 5.91 Å². The SMILES string of the molecule is CC#C[C@@]1(O)CC[C@@]2(Cc3ccccc3)c3ccc(OCC(=O)NS(C)(=O)=O)cc3CC[C@@H]2C1. The fraction of sp³-hybridized carbons (Fsp3) is 0.444. The molecule has 0 heterocycles. The molecule has 0 spiro atoms. The summed E-state index contributed by atoms with van der Waals surface area (Å²) in [5.41, 5.74) is 2.67. The summed E-state index contributed by atoms with van der Waals surface area (Å²) in [5, 5.41) is 11.1. The van der Waals surface area contributed by atoms with Crippen molar-refractivity contribution in [2.75, 3.05) is 12.9 Å². The normalized spacial score (nSPS) is 25.8. The first-order valence-electron chi connectivity index (χ1n) is 11.6. The molecule has 2 aromatic rings. The third-order valence-corrected chi connectivity index (χ3v) is 7.71. The van der Waals surface area contributed by atoms with E-state index in [-0.39, 0.29) is 12.0 Å². The van der Waals surface area contributed by atoms with Gasteiger partial charge in [-0.15, -0.1) is 5.92 Å². The Morgan fingerprint density at radius 2 is 1.97 bits per heavy atom. The number of fused-ring (bicyclic) bond motifs is 3. The van der Waals surface area contributed by atoms with Crippen LogP contribution in [0.2, 0.25) is 0 Å². The average Bonchev–Trinajstić information content (AvgIpc) is 2.78. The lowest BCUT2D eigenvalue weighted by molar-refractivity contribution is -0.121. The van der Waals surface area contributed by atoms with Gasteiger partial charge in [-0.05, 0) is 80.2 Å². The van der Waals surface area contributed by atoms with Crippen molar-refractivity contribution in [1.82, 2.24) is 4.72 Å². The lowest BCUT2D eigenvalue weighted by Gasteiger charge is -2.52. The zero-order chi connectivity index (χ0) is 24.4. The van der Waals surface area contributed by atoms with Gasteiger partial charge in [0, 0.05) is 5.41 Å². The van der Waals surface area contributed by atoms with Crippen molar-refractivity contribution in [2.45, 2.75) is 56.5 Å². The van der Waals surface area contributed by atoms with Crippen molar-refractivity contribution in [3.63, 3.8) is 0 Å². The summed E-state index contributed by atoms with van der Waals surface area (Å²) in [5.74, 6) is 6.10. The Labute approximate surface area is 201 Å². The molecule has 0 aliphatic heterocycles. The molecule has 0 aromatic heterocycles. The van der Waals surface area contributed by atoms with Crippen LogP contribution in [0.4, 0.5) is 0 Å². The number of hydrogen-bond acceptors (Lipinski definition) is 5. The Morgan fingerprint density at radius 3 is 2.68 bits per heavy atom. The number of ether oxygens (including phenoxy) is 1. The van der Waals surface area contributed by atoms with Crippen LogP contribution in [0, 0.1) is 17.8 Å². The lowest BCUT2D eigenvalue weighted by atomic mass is 9.52. The molecule has 0 radical (unpaired) electrons. The van der Waals surface area contributed by atoms with Gasteiger partial charge in [-0.1, -0.05) is 42.3 Å². The van der Waals surface area contributed by atoms with E-state index < -0.39 is 21.5 Å². The van der Waals surface area contributed by atoms with Gasteiger partial charge in [-0.2, -0.15) is 0 Å². The summed E-state index contributed by atoms with van der Waals surface area (Å²) in [6, 6.07) is 16.4. The van der Waals surface area contributed by atoms with Gasteiger partial charge in [0.15, 0.2) is 6.61 Å². The first-order valence-corrected chi connectivity index (χ1v) is 13.5. The number of sulfonamides is 1. The standard InChI is InChI=1S/C27H31NO5S/c1-3-13-26(30)14-15-27(17-20-7-5-4-6-8-20)22(18-26)10-9-21-16-23(11-12-24(21)27)33-19-25(29)28-34(2,31)32/h4-8,11-12,16,22,30H,9-10,14-15,17-19H2,1-2H3,(H,28,29)/t22-,26-,27+/m1/s1. The maximum Gasteiger partial charge on any atom is 0.271 e. The average molecular weight is 482 g/mol. The summed E-state index contributed by atoms with van der Waals surface area (Å²) in [6.45, 7) is 1.41. The predicted molar refractivity (Wildman–Crippen MR) is 131 cm³/mol. The van der Waals surface area contributed by atoms with E-state index >= 15 is 0 Å². The van der Waals surface area contributed by atoms with Gasteiger partial charge >= 0.3 is 0 Å². The number of carbonyl (C=O) groups excluding carboxylic acids is 1. The number of carbonyl (C=O) groups is 1. The van der Waals surface area contributed by atoms with Crippen molar-refractivity contribution >= 4 is 15.9 Å². The van der Waals surface area contributed by atoms with E-state index in [1.807, 2.05) is 22.9 Å². The van der Waals surface area contributed by atoms with Crippen LogP contribution in [-0.2, 0) is 33.1 Å². The summed E-state index contributed by atoms with van der Waals surface area (Å²) < 4.78 is 30.0. The Morgan fingerprint density at radius 1 is 1.21 bits per heavy atom. The zero-order valence-corrected chi connectivity index (χ0v) is 20.5. The van der Waals surface area contributed by atoms with E-state index in [0.29, 0.717) is 24.5 Å². The van der Waals surface area contributed by atoms with Crippen molar-refractivity contribution in [3.05, 3.63) is 65.2 Å². The van der Waals surface area contributed by atoms with Crippen LogP contribution in [0.1, 0.15) is 49.3 Å². The number of nitrogens with one attached hydrogen (secondary N) is 1. The smallest absolute Gasteiger partial charge is 0.271 e. The molecule has 2 aliphatic carbocycles. The molecule has 7 heteroatoms. The van der Waals surface area contributed by atoms with Crippen LogP contribution in [-0.4, -0.2) is 37.9 Å². The van der Waals surface area contributed by atoms with Crippen LogP contribution >= 0.6 is 0 Å². The monoisotopic (exact) mass is 481 g/mol. The molecule has 180 valence electrons. The molecule has 0 unspecified atom stereocenters. The van der Waals surface area contributed by atoms with E-state index in [0.717, 1.165) is 31.9 Å². The molecule has 1 saturated carbocycles. The van der Waals surface area contributed by atoms with E-state index in [2.05, 4.69) is 42.2 Å². The molecule has 2 N–H and O–H groups in total. The van der Waals surface area contributed by atoms with Gasteiger partial charge in [0.05, 0.1) is 6.26 Å². The molecular weight excluding hydrogens is 450 g/mol. The molecule has 2 aromatic carbocycles. The first-order chi connectivity index (χ1) is 16.1. The zero-order valence-electron chi connectivity index (χ0n) is 19.6. The molecule has 2 aliphatic rings. The number of hydrogen-bond donors (Lipinski definition) is 2. The van der Waals surface area contributed by atoms with Gasteiger partial charge in [0.1, 0.15) is 11.4 Å². The summed E-state index contributed by atoms with van der Waals surface area (Å²) >= 11 is 0. The topological polar surface area (TPSA) is 92.7 Å². The minimum Gasteiger partial charge on any atom is -0.484 e. The number of amides is 1. The van der Waals surface area contributed by atoms with Crippen molar-refractivity contribution in [1.29, 1.82) is 0 Å². The minimum absolute atomic E-state index is 0.108. The van der Waals surface area contributed by atoms with Gasteiger partial charge in [-0.3, -0.25) is 9.52 Å². The summed E-state index contributed by atoms with van der Waals surface area (Å²) in [6.07, 6.45) is 5.72. The molecule has 34 heavy (non-hydrogen) atoms. The number of rotatable bonds is 6. The maximum absolute atomic E-state index is 11.8. The van der Waals surface area contributed by atoms with Crippen molar-refractivity contribution in [3.8, 4) is 17.6 Å². The second kappa shape index (κ2) is 9.44. The number of aliphatic hydroxyl groups is 1. The summed E-state index contributed by atoms with van der Waals surface area (Å²) in [4.78, 5) is 11.8. The molecule has 0 saturated heterocycles. The largest absolute Gasteiger partial charge is 0.484 e. The fourth-order valence-electron chi connectivity index (χ4n) is 5.77. The van der Waals surface area contributed by atoms with E-state index in [9.17, 15) is 18.3 Å². The Kier molecular flexibility index (Phi) is 6.75. The van der Waals surface area contributed by atoms with Crippen molar-refractivity contribution < 1.29 is 23.1 Å². The molecule has 0 bridgehead atoms. The van der Waals surface area contributed by atoms with Crippen LogP contribution in [0.15, 0.2) is 48.5 Å². The number of benzene rings is 2. The maximum atomic E-state index is 11.8. The summed E-state index contributed by atoms with van der Waals surface area (Å²) in [7, 11) is -3.62. The second-order valence-electron chi connectivity index (χ2n) is 9.57. The molecule has 6 nitrogen and oxygen atoms in total. The lowest BCUT2D eigenvalue weighted by Crippen LogP contribution is -2.50. The van der Waals surface area contributed by atoms with Gasteiger partial charge in [0.2, 0.25) is 10.0 Å². The minimum atomic E-state index is -3.62. The van der Waals surface area contributed by atoms with Gasteiger partial charge < -0.3 is 9.84 Å². The third kappa shape index (κ3) is 5.29. The van der Waals surface area contributed by atoms with Crippen LogP contribution in [0.3, 0.4) is 0 Å². The highest BCUT2D eigenvalue weighted by Crippen LogP contribution is 2.54. The van der Waals surface area contributed by atoms with Crippen LogP contribution in [0.25, 0.3) is 0 Å². The highest BCUT2D eigenvalue weighted by atomic mass is 32.2. The molecule has 1 amide bonds. The molecule has 1 fully saturated rings. The van der Waals surface area contributed by atoms with Crippen LogP contribution < -0.4 is 9.46 Å². The predicted octanol–water partition coefficient (Wildman–Crippen LogP) is 3.12. The first kappa shape index (κ1) is 24.3. The quantitative estimate of drug-likeness (QED) is 0.619. The van der Waals surface area contributed by atoms with E-state index in [1.54, 1.807) is 6.92 Å². The fourth-order valence-corrected chi connectivity index (χ4v) is 6.25. The highest BCUT2D eigenvalue weighted by molar-refractivity contribution is 7.89. The van der Waals surface area contributed by atoms with E-state index in [4.69, 9.17) is 4.74 Å².